The van der Waals surface area contributed by atoms with E-state index in [2.05, 4.69) is 6.92 Å². The Hall–Kier alpha value is -3.22. The highest BCUT2D eigenvalue weighted by Crippen LogP contribution is 2.43. The molecule has 2 amide bonds. The summed E-state index contributed by atoms with van der Waals surface area (Å²) in [5.74, 6) is -0.639. The lowest BCUT2D eigenvalue weighted by atomic mass is 9.76. The topological polar surface area (TPSA) is 83.8 Å². The van der Waals surface area contributed by atoms with Crippen LogP contribution in [0.3, 0.4) is 0 Å². The van der Waals surface area contributed by atoms with Gasteiger partial charge in [-0.2, -0.15) is 0 Å². The number of hydrogen-bond donors (Lipinski definition) is 0. The number of benzene rings is 2. The Morgan fingerprint density at radius 3 is 2.45 bits per heavy atom. The summed E-state index contributed by atoms with van der Waals surface area (Å²) in [5.41, 5.74) is 1.72. The fourth-order valence-corrected chi connectivity index (χ4v) is 4.88. The van der Waals surface area contributed by atoms with E-state index in [0.29, 0.717) is 43.2 Å². The van der Waals surface area contributed by atoms with Crippen LogP contribution in [-0.2, 0) is 16.1 Å². The quantitative estimate of drug-likeness (QED) is 0.388. The monoisotopic (exact) mass is 421 g/mol. The van der Waals surface area contributed by atoms with Gasteiger partial charge in [-0.15, -0.1) is 0 Å². The molecule has 4 rings (SSSR count). The minimum Gasteiger partial charge on any atom is -0.362 e. The molecule has 31 heavy (non-hydrogen) atoms. The Kier molecular flexibility index (Phi) is 5.76. The van der Waals surface area contributed by atoms with Crippen molar-refractivity contribution in [2.45, 2.75) is 39.7 Å². The summed E-state index contributed by atoms with van der Waals surface area (Å²) >= 11 is 0. The average Bonchev–Trinajstić information content (AvgIpc) is 3.02. The zero-order valence-corrected chi connectivity index (χ0v) is 17.9. The van der Waals surface area contributed by atoms with Crippen molar-refractivity contribution in [3.63, 3.8) is 0 Å². The maximum atomic E-state index is 13.0. The molecule has 1 heterocycles. The first-order valence-electron chi connectivity index (χ1n) is 10.9. The van der Waals surface area contributed by atoms with Gasteiger partial charge in [0.1, 0.15) is 5.69 Å². The van der Waals surface area contributed by atoms with Crippen LogP contribution in [0.5, 0.6) is 0 Å². The van der Waals surface area contributed by atoms with E-state index >= 15 is 0 Å². The smallest absolute Gasteiger partial charge is 0.294 e. The van der Waals surface area contributed by atoms with Crippen molar-refractivity contribution in [3.05, 3.63) is 64.2 Å². The fourth-order valence-electron chi connectivity index (χ4n) is 4.88. The molecule has 7 heteroatoms. The predicted octanol–water partition coefficient (Wildman–Crippen LogP) is 4.55. The fraction of sp³-hybridized carbons (Fsp3) is 0.417. The molecule has 1 aliphatic carbocycles. The van der Waals surface area contributed by atoms with Crippen LogP contribution in [-0.4, -0.2) is 23.3 Å². The second-order valence-electron chi connectivity index (χ2n) is 8.57. The lowest BCUT2D eigenvalue weighted by molar-refractivity contribution is -0.384. The molecule has 3 unspecified atom stereocenters. The van der Waals surface area contributed by atoms with Crippen LogP contribution in [0.15, 0.2) is 48.5 Å². The number of nitrogens with zero attached hydrogens (tertiary/aromatic N) is 3. The first-order valence-corrected chi connectivity index (χ1v) is 10.9. The second kappa shape index (κ2) is 8.49. The highest BCUT2D eigenvalue weighted by Gasteiger charge is 2.50. The summed E-state index contributed by atoms with van der Waals surface area (Å²) in [5, 5.41) is 11.9. The van der Waals surface area contributed by atoms with Crippen molar-refractivity contribution in [3.8, 4) is 0 Å². The van der Waals surface area contributed by atoms with Gasteiger partial charge in [-0.05, 0) is 49.8 Å². The predicted molar refractivity (Wildman–Crippen MR) is 119 cm³/mol. The Labute approximate surface area is 181 Å². The van der Waals surface area contributed by atoms with Gasteiger partial charge in [0.25, 0.3) is 5.69 Å². The van der Waals surface area contributed by atoms with Crippen molar-refractivity contribution < 1.29 is 14.5 Å². The lowest BCUT2D eigenvalue weighted by Crippen LogP contribution is -2.31. The number of amides is 2. The molecule has 2 aromatic carbocycles. The zero-order valence-electron chi connectivity index (χ0n) is 17.9. The van der Waals surface area contributed by atoms with Crippen LogP contribution in [0.1, 0.15) is 38.7 Å². The molecular formula is C24H27N3O4. The third kappa shape index (κ3) is 3.92. The summed E-state index contributed by atoms with van der Waals surface area (Å²) in [6.45, 7) is 5.15. The van der Waals surface area contributed by atoms with E-state index in [1.54, 1.807) is 12.1 Å². The van der Waals surface area contributed by atoms with Crippen molar-refractivity contribution in [2.75, 3.05) is 16.3 Å². The van der Waals surface area contributed by atoms with Gasteiger partial charge in [-0.25, -0.2) is 4.90 Å². The zero-order chi connectivity index (χ0) is 22.1. The minimum atomic E-state index is -0.438. The molecule has 2 fully saturated rings. The van der Waals surface area contributed by atoms with Gasteiger partial charge >= 0.3 is 0 Å². The number of fused-ring (bicyclic) bond motifs is 1. The molecular weight excluding hydrogens is 394 g/mol. The highest BCUT2D eigenvalue weighted by atomic mass is 16.6. The molecule has 2 aliphatic rings. The molecule has 0 aromatic heterocycles. The van der Waals surface area contributed by atoms with E-state index < -0.39 is 4.92 Å². The number of carbonyl (C=O) groups is 2. The van der Waals surface area contributed by atoms with E-state index in [9.17, 15) is 19.7 Å². The number of nitro groups is 1. The Morgan fingerprint density at radius 2 is 1.77 bits per heavy atom. The van der Waals surface area contributed by atoms with Gasteiger partial charge in [0.2, 0.25) is 11.8 Å². The second-order valence-corrected chi connectivity index (χ2v) is 8.57. The van der Waals surface area contributed by atoms with Crippen molar-refractivity contribution >= 4 is 28.9 Å². The maximum absolute atomic E-state index is 13.0. The van der Waals surface area contributed by atoms with Crippen LogP contribution >= 0.6 is 0 Å². The molecule has 2 aromatic rings. The summed E-state index contributed by atoms with van der Waals surface area (Å²) in [6.07, 6.45) is 2.33. The van der Waals surface area contributed by atoms with Crippen LogP contribution in [0.25, 0.3) is 0 Å². The third-order valence-electron chi connectivity index (χ3n) is 6.54. The molecule has 0 bridgehead atoms. The highest BCUT2D eigenvalue weighted by molar-refractivity contribution is 6.22. The Bertz CT molecular complexity index is 1010. The van der Waals surface area contributed by atoms with E-state index in [-0.39, 0.29) is 29.3 Å². The van der Waals surface area contributed by atoms with Gasteiger partial charge in [-0.1, -0.05) is 37.3 Å². The average molecular weight is 421 g/mol. The van der Waals surface area contributed by atoms with E-state index in [1.165, 1.54) is 11.0 Å². The number of rotatable bonds is 6. The van der Waals surface area contributed by atoms with Crippen LogP contribution in [0.4, 0.5) is 17.1 Å². The molecule has 1 saturated heterocycles. The normalized spacial score (nSPS) is 23.0. The summed E-state index contributed by atoms with van der Waals surface area (Å²) in [7, 11) is 0. The van der Waals surface area contributed by atoms with E-state index in [0.717, 1.165) is 12.0 Å². The molecule has 162 valence electrons. The number of hydrogen-bond acceptors (Lipinski definition) is 5. The molecule has 7 nitrogen and oxygen atoms in total. The molecule has 1 saturated carbocycles. The lowest BCUT2D eigenvalue weighted by Gasteiger charge is -2.25. The van der Waals surface area contributed by atoms with Crippen LogP contribution in [0.2, 0.25) is 0 Å². The molecule has 1 aliphatic heterocycles. The van der Waals surface area contributed by atoms with Gasteiger partial charge in [-0.3, -0.25) is 19.7 Å². The van der Waals surface area contributed by atoms with E-state index in [1.807, 2.05) is 42.2 Å². The Balaban J connectivity index is 1.67. The van der Waals surface area contributed by atoms with Crippen LogP contribution < -0.4 is 9.80 Å². The third-order valence-corrected chi connectivity index (χ3v) is 6.54. The Morgan fingerprint density at radius 1 is 1.06 bits per heavy atom. The minimum absolute atomic E-state index is 0.0980. The van der Waals surface area contributed by atoms with Gasteiger partial charge in [0, 0.05) is 19.2 Å². The summed E-state index contributed by atoms with van der Waals surface area (Å²) in [4.78, 5) is 40.6. The van der Waals surface area contributed by atoms with Crippen molar-refractivity contribution in [1.82, 2.24) is 0 Å². The largest absolute Gasteiger partial charge is 0.362 e. The number of anilines is 2. The molecule has 0 radical (unpaired) electrons. The van der Waals surface area contributed by atoms with Gasteiger partial charge in [0.05, 0.1) is 22.4 Å². The van der Waals surface area contributed by atoms with Crippen LogP contribution in [0, 0.1) is 27.9 Å². The number of nitro benzene ring substituents is 1. The summed E-state index contributed by atoms with van der Waals surface area (Å²) in [6, 6.07) is 14.5. The van der Waals surface area contributed by atoms with Gasteiger partial charge < -0.3 is 4.90 Å². The maximum Gasteiger partial charge on any atom is 0.294 e. The molecule has 3 atom stereocenters. The molecule has 0 N–H and O–H groups in total. The number of imide groups is 1. The SMILES string of the molecule is CCN(Cc1ccccc1)c1ccc(N2C(=O)C3CCC(C)CC3C2=O)cc1[N+](=O)[O-]. The first-order chi connectivity index (χ1) is 14.9. The standard InChI is InChI=1S/C24H27N3O4/c1-3-25(15-17-7-5-4-6-8-17)21-12-10-18(14-22(21)27(30)31)26-23(28)19-11-9-16(2)13-20(19)24(26)29/h4-8,10,12,14,16,19-20H,3,9,11,13,15H2,1-2H3. The van der Waals surface area contributed by atoms with Crippen molar-refractivity contribution in [1.29, 1.82) is 0 Å². The van der Waals surface area contributed by atoms with Crippen molar-refractivity contribution in [2.24, 2.45) is 17.8 Å². The van der Waals surface area contributed by atoms with Gasteiger partial charge in [0.15, 0.2) is 0 Å². The first kappa shape index (κ1) is 21.0. The number of carbonyl (C=O) groups excluding carboxylic acids is 2. The molecule has 0 spiro atoms. The van der Waals surface area contributed by atoms with E-state index in [4.69, 9.17) is 0 Å². The summed E-state index contributed by atoms with van der Waals surface area (Å²) < 4.78 is 0.